The number of benzene rings is 1. The second kappa shape index (κ2) is 9.96. The fraction of sp³-hybridized carbons (Fsp3) is 0.389. The Morgan fingerprint density at radius 1 is 1.22 bits per heavy atom. The first-order chi connectivity index (χ1) is 13.0. The molecule has 1 aromatic rings. The zero-order chi connectivity index (χ0) is 19.8. The van der Waals surface area contributed by atoms with Crippen molar-refractivity contribution in [2.24, 2.45) is 0 Å². The molecule has 1 aliphatic heterocycles. The molecular weight excluding hydrogens is 375 g/mol. The third-order valence-corrected chi connectivity index (χ3v) is 4.73. The number of carbonyl (C=O) groups excluding carboxylic acids is 3. The predicted molar refractivity (Wildman–Crippen MR) is 97.5 cm³/mol. The highest BCUT2D eigenvalue weighted by Gasteiger charge is 2.31. The molecule has 0 saturated heterocycles. The van der Waals surface area contributed by atoms with Gasteiger partial charge in [-0.15, -0.1) is 11.8 Å². The van der Waals surface area contributed by atoms with E-state index in [-0.39, 0.29) is 30.2 Å². The van der Waals surface area contributed by atoms with E-state index in [1.54, 1.807) is 25.1 Å². The Morgan fingerprint density at radius 2 is 1.96 bits per heavy atom. The summed E-state index contributed by atoms with van der Waals surface area (Å²) in [5.41, 5.74) is 0.418. The van der Waals surface area contributed by atoms with Crippen molar-refractivity contribution in [1.82, 2.24) is 10.6 Å². The summed E-state index contributed by atoms with van der Waals surface area (Å²) in [6, 6.07) is 5.08. The average molecular weight is 396 g/mol. The van der Waals surface area contributed by atoms with Gasteiger partial charge in [0.2, 0.25) is 0 Å². The zero-order valence-corrected chi connectivity index (χ0v) is 15.9. The van der Waals surface area contributed by atoms with Gasteiger partial charge in [0, 0.05) is 4.90 Å². The molecule has 2 N–H and O–H groups in total. The molecule has 1 aliphatic rings. The van der Waals surface area contributed by atoms with Gasteiger partial charge in [-0.05, 0) is 25.5 Å². The maximum atomic E-state index is 13.6. The van der Waals surface area contributed by atoms with Gasteiger partial charge in [0.15, 0.2) is 0 Å². The number of halogens is 1. The van der Waals surface area contributed by atoms with Crippen LogP contribution in [0.15, 0.2) is 40.4 Å². The summed E-state index contributed by atoms with van der Waals surface area (Å²) in [5.74, 6) is -1.70. The van der Waals surface area contributed by atoms with Crippen molar-refractivity contribution in [3.8, 4) is 0 Å². The summed E-state index contributed by atoms with van der Waals surface area (Å²) >= 11 is 1.01. The van der Waals surface area contributed by atoms with E-state index in [0.717, 1.165) is 11.8 Å². The molecule has 0 bridgehead atoms. The summed E-state index contributed by atoms with van der Waals surface area (Å²) in [4.78, 5) is 36.3. The van der Waals surface area contributed by atoms with Crippen LogP contribution in [0, 0.1) is 5.82 Å². The van der Waals surface area contributed by atoms with Crippen LogP contribution in [0.4, 0.5) is 9.18 Å². The van der Waals surface area contributed by atoms with Crippen molar-refractivity contribution in [3.05, 3.63) is 41.4 Å². The minimum Gasteiger partial charge on any atom is -0.463 e. The normalized spacial score (nSPS) is 16.4. The molecule has 0 spiro atoms. The quantitative estimate of drug-likeness (QED) is 0.518. The minimum atomic E-state index is -0.597. The molecule has 0 radical (unpaired) electrons. The number of esters is 2. The van der Waals surface area contributed by atoms with Gasteiger partial charge in [0.05, 0.1) is 29.7 Å². The second-order valence-corrected chi connectivity index (χ2v) is 6.57. The monoisotopic (exact) mass is 396 g/mol. The lowest BCUT2D eigenvalue weighted by Crippen LogP contribution is -2.51. The highest BCUT2D eigenvalue weighted by molar-refractivity contribution is 8.00. The van der Waals surface area contributed by atoms with Crippen LogP contribution in [0.1, 0.15) is 20.3 Å². The molecule has 0 aromatic heterocycles. The van der Waals surface area contributed by atoms with Gasteiger partial charge in [-0.25, -0.2) is 14.0 Å². The largest absolute Gasteiger partial charge is 0.463 e. The van der Waals surface area contributed by atoms with E-state index in [1.807, 2.05) is 6.92 Å². The molecule has 1 aromatic carbocycles. The highest BCUT2D eigenvalue weighted by atomic mass is 32.2. The Balaban J connectivity index is 2.03. The van der Waals surface area contributed by atoms with Gasteiger partial charge in [0.25, 0.3) is 0 Å². The van der Waals surface area contributed by atoms with Gasteiger partial charge >= 0.3 is 18.0 Å². The van der Waals surface area contributed by atoms with Crippen LogP contribution < -0.4 is 10.6 Å². The number of hydrogen-bond donors (Lipinski definition) is 2. The number of amides is 2. The molecule has 0 saturated carbocycles. The lowest BCUT2D eigenvalue weighted by atomic mass is 10.0. The van der Waals surface area contributed by atoms with E-state index in [0.29, 0.717) is 11.3 Å². The molecule has 1 heterocycles. The maximum absolute atomic E-state index is 13.6. The minimum absolute atomic E-state index is 0.105. The number of urea groups is 1. The van der Waals surface area contributed by atoms with Crippen LogP contribution in [-0.4, -0.2) is 43.0 Å². The van der Waals surface area contributed by atoms with Gasteiger partial charge in [-0.3, -0.25) is 4.79 Å². The van der Waals surface area contributed by atoms with E-state index < -0.39 is 29.8 Å². The van der Waals surface area contributed by atoms with Crippen LogP contribution in [0.3, 0.4) is 0 Å². The summed E-state index contributed by atoms with van der Waals surface area (Å²) in [6.45, 7) is 3.38. The standard InChI is InChI=1S/C18H21FN2O5S/c1-3-12-16(17(23)25-4-2)13(21-18(24)20-12)9-26-15(22)10-27-14-8-6-5-7-11(14)19/h5-8,12H,3-4,9-10H2,1-2H3,(H2,20,21,24)/t12-/m0/s1. The van der Waals surface area contributed by atoms with Crippen molar-refractivity contribution < 1.29 is 28.2 Å². The van der Waals surface area contributed by atoms with Gasteiger partial charge < -0.3 is 20.1 Å². The maximum Gasteiger partial charge on any atom is 0.338 e. The van der Waals surface area contributed by atoms with Crippen molar-refractivity contribution in [2.75, 3.05) is 19.0 Å². The molecule has 7 nitrogen and oxygen atoms in total. The number of rotatable bonds is 8. The van der Waals surface area contributed by atoms with Crippen LogP contribution in [0.2, 0.25) is 0 Å². The highest BCUT2D eigenvalue weighted by Crippen LogP contribution is 2.22. The van der Waals surface area contributed by atoms with E-state index in [1.165, 1.54) is 6.07 Å². The van der Waals surface area contributed by atoms with Crippen LogP contribution >= 0.6 is 11.8 Å². The number of nitrogens with one attached hydrogen (secondary N) is 2. The molecule has 0 fully saturated rings. The third-order valence-electron chi connectivity index (χ3n) is 3.71. The van der Waals surface area contributed by atoms with Crippen LogP contribution in [0.5, 0.6) is 0 Å². The summed E-state index contributed by atoms with van der Waals surface area (Å²) < 4.78 is 23.8. The van der Waals surface area contributed by atoms with E-state index in [4.69, 9.17) is 9.47 Å². The Kier molecular flexibility index (Phi) is 7.66. The van der Waals surface area contributed by atoms with Crippen LogP contribution in [-0.2, 0) is 19.1 Å². The van der Waals surface area contributed by atoms with E-state index in [9.17, 15) is 18.8 Å². The smallest absolute Gasteiger partial charge is 0.338 e. The first-order valence-electron chi connectivity index (χ1n) is 8.46. The molecule has 27 heavy (non-hydrogen) atoms. The number of ether oxygens (including phenoxy) is 2. The van der Waals surface area contributed by atoms with E-state index >= 15 is 0 Å². The fourth-order valence-electron chi connectivity index (χ4n) is 2.47. The Hall–Kier alpha value is -2.55. The second-order valence-electron chi connectivity index (χ2n) is 5.55. The van der Waals surface area contributed by atoms with Gasteiger partial charge in [-0.1, -0.05) is 19.1 Å². The molecular formula is C18H21FN2O5S. The summed E-state index contributed by atoms with van der Waals surface area (Å²) in [7, 11) is 0. The van der Waals surface area contributed by atoms with Crippen molar-refractivity contribution >= 4 is 29.7 Å². The van der Waals surface area contributed by atoms with Crippen molar-refractivity contribution in [2.45, 2.75) is 31.2 Å². The van der Waals surface area contributed by atoms with Crippen molar-refractivity contribution in [3.63, 3.8) is 0 Å². The third kappa shape index (κ3) is 5.72. The summed E-state index contributed by atoms with van der Waals surface area (Å²) in [6.07, 6.45) is 0.474. The molecule has 0 aliphatic carbocycles. The molecule has 2 amide bonds. The molecule has 1 atom stereocenters. The van der Waals surface area contributed by atoms with Gasteiger partial charge in [-0.2, -0.15) is 0 Å². The first-order valence-corrected chi connectivity index (χ1v) is 9.45. The Morgan fingerprint density at radius 3 is 2.63 bits per heavy atom. The lowest BCUT2D eigenvalue weighted by molar-refractivity contribution is -0.141. The number of hydrogen-bond acceptors (Lipinski definition) is 6. The van der Waals surface area contributed by atoms with E-state index in [2.05, 4.69) is 10.6 Å². The zero-order valence-electron chi connectivity index (χ0n) is 15.0. The number of thioether (sulfide) groups is 1. The predicted octanol–water partition coefficient (Wildman–Crippen LogP) is 2.37. The SMILES string of the molecule is CCOC(=O)C1=C(COC(=O)CSc2ccccc2F)NC(=O)N[C@H]1CC. The molecule has 0 unspecified atom stereocenters. The molecule has 146 valence electrons. The first kappa shape index (κ1) is 20.8. The van der Waals surface area contributed by atoms with Gasteiger partial charge in [0.1, 0.15) is 12.4 Å². The fourth-order valence-corrected chi connectivity index (χ4v) is 3.21. The molecule has 9 heteroatoms. The Bertz CT molecular complexity index is 753. The number of carbonyl (C=O) groups is 3. The topological polar surface area (TPSA) is 93.7 Å². The van der Waals surface area contributed by atoms with Crippen molar-refractivity contribution in [1.29, 1.82) is 0 Å². The average Bonchev–Trinajstić information content (AvgIpc) is 2.65. The summed E-state index contributed by atoms with van der Waals surface area (Å²) in [5, 5.41) is 5.12. The molecule has 2 rings (SSSR count). The van der Waals surface area contributed by atoms with Crippen LogP contribution in [0.25, 0.3) is 0 Å². The Labute approximate surface area is 160 Å². The lowest BCUT2D eigenvalue weighted by Gasteiger charge is -2.28.